The number of benzene rings is 1. The number of hydrogen-bond donors (Lipinski definition) is 3. The smallest absolute Gasteiger partial charge is 0.418 e. The number of hydrogen-bond acceptors (Lipinski definition) is 6. The van der Waals surface area contributed by atoms with E-state index in [4.69, 9.17) is 4.74 Å². The van der Waals surface area contributed by atoms with Crippen LogP contribution in [0.15, 0.2) is 53.6 Å². The van der Waals surface area contributed by atoms with Crippen LogP contribution in [0.25, 0.3) is 0 Å². The van der Waals surface area contributed by atoms with Gasteiger partial charge in [0.25, 0.3) is 11.5 Å². The van der Waals surface area contributed by atoms with Crippen molar-refractivity contribution in [2.45, 2.75) is 43.5 Å². The van der Waals surface area contributed by atoms with Crippen LogP contribution in [0.3, 0.4) is 0 Å². The fourth-order valence-electron chi connectivity index (χ4n) is 4.32. The number of carbonyl (C=O) groups excluding carboxylic acids is 1. The van der Waals surface area contributed by atoms with E-state index in [9.17, 15) is 45.4 Å². The number of aliphatic hydroxyl groups excluding tert-OH is 1. The maximum atomic E-state index is 14.9. The van der Waals surface area contributed by atoms with Crippen molar-refractivity contribution >= 4 is 11.7 Å². The van der Waals surface area contributed by atoms with Gasteiger partial charge in [0, 0.05) is 31.8 Å². The molecule has 41 heavy (non-hydrogen) atoms. The third-order valence-corrected chi connectivity index (χ3v) is 6.66. The van der Waals surface area contributed by atoms with Crippen LogP contribution in [-0.4, -0.2) is 57.1 Å². The minimum Gasteiger partial charge on any atom is -0.453 e. The van der Waals surface area contributed by atoms with Crippen LogP contribution in [0.1, 0.15) is 36.5 Å². The Balaban J connectivity index is 1.45. The molecule has 1 saturated heterocycles. The Kier molecular flexibility index (Phi) is 8.40. The average molecular weight is 588 g/mol. The van der Waals surface area contributed by atoms with Gasteiger partial charge < -0.3 is 20.1 Å². The average Bonchev–Trinajstić information content (AvgIpc) is 2.90. The molecular formula is C26H23F7N4O4. The number of nitrogens with zero attached hydrogens (tertiary/aromatic N) is 2. The maximum absolute atomic E-state index is 14.9. The Morgan fingerprint density at radius 2 is 1.95 bits per heavy atom. The van der Waals surface area contributed by atoms with E-state index in [0.717, 1.165) is 18.3 Å². The number of alkyl halides is 5. The van der Waals surface area contributed by atoms with E-state index in [1.807, 2.05) is 4.98 Å². The van der Waals surface area contributed by atoms with E-state index in [0.29, 0.717) is 12.1 Å². The molecule has 0 aliphatic carbocycles. The fourth-order valence-corrected chi connectivity index (χ4v) is 4.32. The first kappa shape index (κ1) is 30.0. The lowest BCUT2D eigenvalue weighted by atomic mass is 9.86. The summed E-state index contributed by atoms with van der Waals surface area (Å²) in [5, 5.41) is 12.0. The van der Waals surface area contributed by atoms with E-state index < -0.39 is 71.8 Å². The molecule has 1 aliphatic heterocycles. The lowest BCUT2D eigenvalue weighted by molar-refractivity contribution is -0.207. The van der Waals surface area contributed by atoms with Gasteiger partial charge in [-0.2, -0.15) is 13.2 Å². The number of nitrogens with one attached hydrogen (secondary N) is 2. The van der Waals surface area contributed by atoms with Gasteiger partial charge in [0.1, 0.15) is 17.4 Å². The van der Waals surface area contributed by atoms with E-state index in [-0.39, 0.29) is 29.4 Å². The Hall–Kier alpha value is -3.98. The molecule has 0 spiro atoms. The van der Waals surface area contributed by atoms with E-state index in [2.05, 4.69) is 10.3 Å². The zero-order chi connectivity index (χ0) is 30.1. The van der Waals surface area contributed by atoms with Crippen molar-refractivity contribution in [3.63, 3.8) is 0 Å². The molecule has 15 heteroatoms. The van der Waals surface area contributed by atoms with E-state index in [1.54, 1.807) is 0 Å². The number of pyridine rings is 2. The quantitative estimate of drug-likeness (QED) is 0.340. The van der Waals surface area contributed by atoms with Gasteiger partial charge in [-0.25, -0.2) is 22.5 Å². The molecule has 0 bridgehead atoms. The molecule has 1 amide bonds. The topological polar surface area (TPSA) is 108 Å². The Morgan fingerprint density at radius 1 is 1.22 bits per heavy atom. The molecule has 1 aliphatic rings. The number of amides is 1. The van der Waals surface area contributed by atoms with Crippen molar-refractivity contribution < 1.29 is 45.4 Å². The lowest BCUT2D eigenvalue weighted by Gasteiger charge is -2.40. The van der Waals surface area contributed by atoms with Crippen LogP contribution in [0, 0.1) is 11.6 Å². The lowest BCUT2D eigenvalue weighted by Crippen LogP contribution is -2.52. The minimum absolute atomic E-state index is 0.0547. The van der Waals surface area contributed by atoms with Crippen molar-refractivity contribution in [3.8, 4) is 11.5 Å². The summed E-state index contributed by atoms with van der Waals surface area (Å²) in [5.41, 5.74) is -2.72. The summed E-state index contributed by atoms with van der Waals surface area (Å²) in [6.07, 6.45) is -7.04. The highest BCUT2D eigenvalue weighted by Crippen LogP contribution is 2.41. The number of aliphatic hydroxyl groups is 1. The number of aromatic nitrogens is 2. The second kappa shape index (κ2) is 11.5. The summed E-state index contributed by atoms with van der Waals surface area (Å²) in [6, 6.07) is 5.05. The van der Waals surface area contributed by atoms with Crippen LogP contribution >= 0.6 is 0 Å². The number of H-pyrrole nitrogens is 1. The summed E-state index contributed by atoms with van der Waals surface area (Å²) in [5.74, 6) is -7.54. The van der Waals surface area contributed by atoms with Gasteiger partial charge in [0.05, 0.1) is 23.7 Å². The summed E-state index contributed by atoms with van der Waals surface area (Å²) < 4.78 is 101. The summed E-state index contributed by atoms with van der Waals surface area (Å²) in [7, 11) is 0. The van der Waals surface area contributed by atoms with Crippen molar-refractivity contribution in [1.29, 1.82) is 0 Å². The van der Waals surface area contributed by atoms with E-state index in [1.165, 1.54) is 30.2 Å². The zero-order valence-corrected chi connectivity index (χ0v) is 21.2. The molecule has 220 valence electrons. The summed E-state index contributed by atoms with van der Waals surface area (Å²) in [4.78, 5) is 32.1. The standard InChI is InChI=1S/C26H23F7N4O4/c1-13(23(39)36-21-5-3-16(11-34-21)41-20-4-2-15(27)9-19(20)28)37-7-6-25(29,30)18(12-37)14-8-17(24(40)35-10-14)22(38)26(31,32)33/h2-5,8-11,13,18,22,38H,6-7,12H2,1H3,(H,35,40)(H,34,36,39)/t13-,18?,22?/m0/s1. The second-order valence-corrected chi connectivity index (χ2v) is 9.44. The van der Waals surface area contributed by atoms with Crippen molar-refractivity contribution in [1.82, 2.24) is 14.9 Å². The van der Waals surface area contributed by atoms with Crippen LogP contribution < -0.4 is 15.6 Å². The number of ether oxygens (including phenoxy) is 1. The number of carbonyl (C=O) groups is 1. The molecule has 1 aromatic carbocycles. The van der Waals surface area contributed by atoms with Gasteiger partial charge >= 0.3 is 6.18 Å². The van der Waals surface area contributed by atoms with Crippen molar-refractivity contribution in [3.05, 3.63) is 81.9 Å². The highest BCUT2D eigenvalue weighted by atomic mass is 19.4. The Morgan fingerprint density at radius 3 is 2.59 bits per heavy atom. The highest BCUT2D eigenvalue weighted by molar-refractivity contribution is 5.93. The SMILES string of the molecule is C[C@@H](C(=O)Nc1ccc(Oc2ccc(F)cc2F)cn1)N1CCC(F)(F)C(c2c[nH]c(=O)c(C(O)C(F)(F)F)c2)C1. The fraction of sp³-hybridized carbons (Fsp3) is 0.346. The first-order valence-corrected chi connectivity index (χ1v) is 12.1. The molecule has 1 fully saturated rings. The number of rotatable bonds is 7. The van der Waals surface area contributed by atoms with Crippen molar-refractivity contribution in [2.24, 2.45) is 0 Å². The van der Waals surface area contributed by atoms with Gasteiger partial charge in [-0.15, -0.1) is 0 Å². The zero-order valence-electron chi connectivity index (χ0n) is 21.2. The molecule has 4 rings (SSSR count). The van der Waals surface area contributed by atoms with Gasteiger partial charge in [0.2, 0.25) is 5.91 Å². The van der Waals surface area contributed by atoms with Crippen LogP contribution in [-0.2, 0) is 4.79 Å². The number of piperidine rings is 1. The summed E-state index contributed by atoms with van der Waals surface area (Å²) in [6.45, 7) is 0.776. The number of aromatic amines is 1. The molecule has 0 radical (unpaired) electrons. The third-order valence-electron chi connectivity index (χ3n) is 6.66. The highest BCUT2D eigenvalue weighted by Gasteiger charge is 2.47. The Labute approximate surface area is 227 Å². The van der Waals surface area contributed by atoms with Gasteiger partial charge in [-0.05, 0) is 42.8 Å². The molecule has 3 N–H and O–H groups in total. The minimum atomic E-state index is -5.19. The van der Waals surface area contributed by atoms with Crippen molar-refractivity contribution in [2.75, 3.05) is 18.4 Å². The first-order chi connectivity index (χ1) is 19.2. The molecule has 0 saturated carbocycles. The second-order valence-electron chi connectivity index (χ2n) is 9.44. The van der Waals surface area contributed by atoms with Gasteiger partial charge in [0.15, 0.2) is 17.7 Å². The maximum Gasteiger partial charge on any atom is 0.418 e. The molecule has 2 aromatic heterocycles. The number of likely N-dealkylation sites (tertiary alicyclic amines) is 1. The van der Waals surface area contributed by atoms with Gasteiger partial charge in [-0.3, -0.25) is 14.5 Å². The predicted molar refractivity (Wildman–Crippen MR) is 131 cm³/mol. The van der Waals surface area contributed by atoms with Crippen LogP contribution in [0.5, 0.6) is 11.5 Å². The predicted octanol–water partition coefficient (Wildman–Crippen LogP) is 4.89. The third kappa shape index (κ3) is 6.85. The van der Waals surface area contributed by atoms with Gasteiger partial charge in [-0.1, -0.05) is 0 Å². The molecule has 8 nitrogen and oxygen atoms in total. The molecular weight excluding hydrogens is 565 g/mol. The first-order valence-electron chi connectivity index (χ1n) is 12.1. The normalized spacial score (nSPS) is 18.9. The molecule has 2 unspecified atom stereocenters. The number of anilines is 1. The molecule has 3 aromatic rings. The Bertz CT molecular complexity index is 1460. The van der Waals surface area contributed by atoms with E-state index >= 15 is 0 Å². The molecule has 3 heterocycles. The monoisotopic (exact) mass is 588 g/mol. The number of halogens is 7. The molecule has 3 atom stereocenters. The van der Waals surface area contributed by atoms with Crippen LogP contribution in [0.2, 0.25) is 0 Å². The van der Waals surface area contributed by atoms with Crippen LogP contribution in [0.4, 0.5) is 36.6 Å². The largest absolute Gasteiger partial charge is 0.453 e. The summed E-state index contributed by atoms with van der Waals surface area (Å²) >= 11 is 0.